The molecule has 0 spiro atoms. The van der Waals surface area contributed by atoms with Crippen LogP contribution in [0, 0.1) is 0 Å². The summed E-state index contributed by atoms with van der Waals surface area (Å²) in [6.45, 7) is 2.28. The Balaban J connectivity index is 1.67. The second-order valence-corrected chi connectivity index (χ2v) is 6.89. The summed E-state index contributed by atoms with van der Waals surface area (Å²) in [5.74, 6) is 0.311. The Hall–Kier alpha value is -3.48. The molecule has 1 unspecified atom stereocenters. The van der Waals surface area contributed by atoms with Crippen molar-refractivity contribution in [3.8, 4) is 11.4 Å². The van der Waals surface area contributed by atoms with Gasteiger partial charge >= 0.3 is 5.97 Å². The number of carbonyl (C=O) groups excluding carboxylic acids is 2. The van der Waals surface area contributed by atoms with Gasteiger partial charge in [-0.3, -0.25) is 4.79 Å². The Bertz CT molecular complexity index is 1060. The maximum atomic E-state index is 13.3. The lowest BCUT2D eigenvalue weighted by molar-refractivity contribution is -0.146. The predicted octanol–water partition coefficient (Wildman–Crippen LogP) is 3.04. The summed E-state index contributed by atoms with van der Waals surface area (Å²) in [7, 11) is 1.34. The molecule has 0 saturated heterocycles. The van der Waals surface area contributed by atoms with Crippen molar-refractivity contribution >= 4 is 11.9 Å². The molecule has 3 aromatic rings. The largest absolute Gasteiger partial charge is 0.467 e. The summed E-state index contributed by atoms with van der Waals surface area (Å²) >= 11 is 0. The third-order valence-electron chi connectivity index (χ3n) is 5.12. The van der Waals surface area contributed by atoms with Crippen LogP contribution in [0.1, 0.15) is 34.3 Å². The van der Waals surface area contributed by atoms with E-state index in [4.69, 9.17) is 9.26 Å². The highest BCUT2D eigenvalue weighted by atomic mass is 16.5. The molecule has 29 heavy (non-hydrogen) atoms. The van der Waals surface area contributed by atoms with E-state index in [0.717, 1.165) is 11.1 Å². The smallest absolute Gasteiger partial charge is 0.328 e. The third kappa shape index (κ3) is 3.63. The number of carbonyl (C=O) groups is 2. The Kier molecular flexibility index (Phi) is 5.12. The Morgan fingerprint density at radius 2 is 1.97 bits per heavy atom. The first kappa shape index (κ1) is 18.9. The number of esters is 1. The van der Waals surface area contributed by atoms with Crippen molar-refractivity contribution < 1.29 is 18.8 Å². The number of amides is 1. The molecule has 1 aliphatic rings. The number of nitrogens with zero attached hydrogens (tertiary/aromatic N) is 3. The monoisotopic (exact) mass is 391 g/mol. The Morgan fingerprint density at radius 1 is 1.17 bits per heavy atom. The van der Waals surface area contributed by atoms with Crippen LogP contribution in [-0.2, 0) is 28.9 Å². The first-order valence-electron chi connectivity index (χ1n) is 9.49. The van der Waals surface area contributed by atoms with Gasteiger partial charge < -0.3 is 14.2 Å². The van der Waals surface area contributed by atoms with E-state index in [9.17, 15) is 9.59 Å². The summed E-state index contributed by atoms with van der Waals surface area (Å²) in [5, 5.41) is 3.97. The molecule has 7 nitrogen and oxygen atoms in total. The molecule has 0 radical (unpaired) electrons. The van der Waals surface area contributed by atoms with Crippen molar-refractivity contribution in [3.05, 3.63) is 71.1 Å². The van der Waals surface area contributed by atoms with E-state index in [2.05, 4.69) is 10.1 Å². The van der Waals surface area contributed by atoms with Crippen molar-refractivity contribution in [2.75, 3.05) is 7.11 Å². The van der Waals surface area contributed by atoms with Crippen molar-refractivity contribution in [3.63, 3.8) is 0 Å². The minimum absolute atomic E-state index is 0.240. The fourth-order valence-electron chi connectivity index (χ4n) is 3.56. The van der Waals surface area contributed by atoms with Crippen LogP contribution in [0.5, 0.6) is 0 Å². The van der Waals surface area contributed by atoms with Crippen LogP contribution in [-0.4, -0.2) is 40.1 Å². The minimum atomic E-state index is -0.664. The van der Waals surface area contributed by atoms with Crippen molar-refractivity contribution in [1.82, 2.24) is 15.0 Å². The predicted molar refractivity (Wildman–Crippen MR) is 105 cm³/mol. The van der Waals surface area contributed by atoms with Gasteiger partial charge in [0.1, 0.15) is 6.04 Å². The number of rotatable bonds is 4. The lowest BCUT2D eigenvalue weighted by Gasteiger charge is -2.35. The average Bonchev–Trinajstić information content (AvgIpc) is 3.26. The topological polar surface area (TPSA) is 85.5 Å². The molecule has 1 aromatic heterocycles. The van der Waals surface area contributed by atoms with Crippen LogP contribution in [0.25, 0.3) is 11.4 Å². The summed E-state index contributed by atoms with van der Waals surface area (Å²) < 4.78 is 10.1. The highest BCUT2D eigenvalue weighted by molar-refractivity contribution is 5.98. The van der Waals surface area contributed by atoms with Gasteiger partial charge in [0.25, 0.3) is 5.91 Å². The van der Waals surface area contributed by atoms with Crippen molar-refractivity contribution in [1.29, 1.82) is 0 Å². The fraction of sp³-hybridized carbons (Fsp3) is 0.273. The quantitative estimate of drug-likeness (QED) is 0.636. The summed E-state index contributed by atoms with van der Waals surface area (Å²) in [5.41, 5.74) is 3.23. The molecular formula is C22H21N3O4. The molecule has 0 aliphatic carbocycles. The van der Waals surface area contributed by atoms with E-state index in [-0.39, 0.29) is 5.91 Å². The zero-order valence-electron chi connectivity index (χ0n) is 16.3. The number of fused-ring (bicyclic) bond motifs is 1. The maximum absolute atomic E-state index is 13.3. The zero-order chi connectivity index (χ0) is 20.4. The van der Waals surface area contributed by atoms with Gasteiger partial charge in [-0.1, -0.05) is 48.5 Å². The molecule has 148 valence electrons. The highest BCUT2D eigenvalue weighted by Crippen LogP contribution is 2.27. The molecule has 2 heterocycles. The number of methoxy groups -OCH3 is 1. The van der Waals surface area contributed by atoms with Gasteiger partial charge in [0.2, 0.25) is 11.7 Å². The van der Waals surface area contributed by atoms with Gasteiger partial charge in [-0.15, -0.1) is 0 Å². The standard InChI is InChI=1S/C22H21N3O4/c1-3-19-23-20(24-29-19)15-9-6-10-16(11-15)21(26)25-13-17-8-5-4-7-14(17)12-18(25)22(27)28-2/h4-11,18H,3,12-13H2,1-2H3. The number of ether oxygens (including phenoxy) is 1. The molecule has 0 fully saturated rings. The average molecular weight is 391 g/mol. The van der Waals surface area contributed by atoms with E-state index >= 15 is 0 Å². The molecule has 1 atom stereocenters. The van der Waals surface area contributed by atoms with E-state index in [0.29, 0.717) is 42.2 Å². The summed E-state index contributed by atoms with van der Waals surface area (Å²) in [6.07, 6.45) is 1.07. The Morgan fingerprint density at radius 3 is 2.69 bits per heavy atom. The second-order valence-electron chi connectivity index (χ2n) is 6.89. The van der Waals surface area contributed by atoms with E-state index in [1.54, 1.807) is 23.1 Å². The van der Waals surface area contributed by atoms with Crippen LogP contribution in [0.15, 0.2) is 53.1 Å². The van der Waals surface area contributed by atoms with Gasteiger partial charge in [0.15, 0.2) is 0 Å². The normalized spacial score (nSPS) is 15.7. The van der Waals surface area contributed by atoms with Crippen LogP contribution in [0.4, 0.5) is 0 Å². The highest BCUT2D eigenvalue weighted by Gasteiger charge is 2.35. The molecule has 0 bridgehead atoms. The lowest BCUT2D eigenvalue weighted by atomic mass is 9.93. The first-order chi connectivity index (χ1) is 14.1. The molecule has 2 aromatic carbocycles. The van der Waals surface area contributed by atoms with Crippen molar-refractivity contribution in [2.45, 2.75) is 32.4 Å². The van der Waals surface area contributed by atoms with Gasteiger partial charge in [-0.2, -0.15) is 4.98 Å². The van der Waals surface area contributed by atoms with Gasteiger partial charge in [-0.25, -0.2) is 4.79 Å². The zero-order valence-corrected chi connectivity index (χ0v) is 16.3. The molecule has 0 saturated carbocycles. The van der Waals surface area contributed by atoms with Gasteiger partial charge in [-0.05, 0) is 23.3 Å². The van der Waals surface area contributed by atoms with E-state index in [1.807, 2.05) is 37.3 Å². The number of aryl methyl sites for hydroxylation is 1. The fourth-order valence-corrected chi connectivity index (χ4v) is 3.56. The summed E-state index contributed by atoms with van der Waals surface area (Å²) in [6, 6.07) is 14.2. The number of hydrogen-bond donors (Lipinski definition) is 0. The Labute approximate surface area is 168 Å². The molecule has 1 amide bonds. The molecule has 0 N–H and O–H groups in total. The van der Waals surface area contributed by atoms with Crippen LogP contribution in [0.2, 0.25) is 0 Å². The third-order valence-corrected chi connectivity index (χ3v) is 5.12. The van der Waals surface area contributed by atoms with Gasteiger partial charge in [0, 0.05) is 30.5 Å². The first-order valence-corrected chi connectivity index (χ1v) is 9.49. The van der Waals surface area contributed by atoms with Crippen LogP contribution < -0.4 is 0 Å². The molecule has 1 aliphatic heterocycles. The lowest BCUT2D eigenvalue weighted by Crippen LogP contribution is -2.49. The molecule has 4 rings (SSSR count). The van der Waals surface area contributed by atoms with Crippen LogP contribution >= 0.6 is 0 Å². The number of hydrogen-bond acceptors (Lipinski definition) is 6. The van der Waals surface area contributed by atoms with E-state index in [1.165, 1.54) is 7.11 Å². The van der Waals surface area contributed by atoms with Gasteiger partial charge in [0.05, 0.1) is 7.11 Å². The molecular weight excluding hydrogens is 370 g/mol. The SMILES string of the molecule is CCc1nc(-c2cccc(C(=O)N3Cc4ccccc4CC3C(=O)OC)c2)no1. The van der Waals surface area contributed by atoms with Crippen LogP contribution in [0.3, 0.4) is 0 Å². The minimum Gasteiger partial charge on any atom is -0.467 e. The summed E-state index contributed by atoms with van der Waals surface area (Å²) in [4.78, 5) is 31.6. The van der Waals surface area contributed by atoms with E-state index < -0.39 is 12.0 Å². The number of aromatic nitrogens is 2. The second kappa shape index (κ2) is 7.87. The molecule has 7 heteroatoms. The number of benzene rings is 2. The maximum Gasteiger partial charge on any atom is 0.328 e. The van der Waals surface area contributed by atoms with Crippen molar-refractivity contribution in [2.24, 2.45) is 0 Å².